The molecule has 1 fully saturated rings. The van der Waals surface area contributed by atoms with Gasteiger partial charge in [-0.1, -0.05) is 0 Å². The van der Waals surface area contributed by atoms with Gasteiger partial charge in [-0.2, -0.15) is 0 Å². The van der Waals surface area contributed by atoms with Gasteiger partial charge < -0.3 is 0 Å². The fourth-order valence-electron chi connectivity index (χ4n) is 1.31. The fourth-order valence-corrected chi connectivity index (χ4v) is 318. The lowest BCUT2D eigenvalue weighted by atomic mass is 26.0. The molecule has 0 bridgehead atoms. The summed E-state index contributed by atoms with van der Waals surface area (Å²) in [5.74, 6) is 0. The molecular weight excluding hydrogens is 197 g/mol. The van der Waals surface area contributed by atoms with Crippen molar-refractivity contribution in [3.05, 3.63) is 0 Å². The molecule has 0 aliphatic carbocycles. The molecule has 0 amide bonds. The van der Waals surface area contributed by atoms with E-state index in [1.807, 2.05) is 0 Å². The maximum atomic E-state index is 1.80. The van der Waals surface area contributed by atoms with E-state index < -0.39 is 0 Å². The third kappa shape index (κ3) is 2.53. The molecule has 0 aromatic rings. The minimum absolute atomic E-state index is 0.480. The topological polar surface area (TPSA) is 0 Å². The van der Waals surface area contributed by atoms with Crippen molar-refractivity contribution < 1.29 is 0 Å². The lowest BCUT2D eigenvalue weighted by Crippen LogP contribution is -2.48. The Morgan fingerprint density at radius 3 is 1.86 bits per heavy atom. The minimum atomic E-state index is 0.480. The van der Waals surface area contributed by atoms with Crippen molar-refractivity contribution in [3.8, 4) is 0 Å². The Labute approximate surface area is 59.9 Å². The van der Waals surface area contributed by atoms with Crippen molar-refractivity contribution in [2.24, 2.45) is 0 Å². The molecule has 42 valence electrons. The Morgan fingerprint density at radius 1 is 1.00 bits per heavy atom. The standard InChI is InChI=1S/H14Si7/c1-7-5-3-2-4-6-7/h7H,2-6H2,1H3. The average Bonchev–Trinajstić information content (AvgIpc) is 1.69. The number of hydrogen-bond acceptors (Lipinski definition) is 0. The van der Waals surface area contributed by atoms with Crippen molar-refractivity contribution in [2.75, 3.05) is 0 Å². The highest BCUT2D eigenvalue weighted by Crippen LogP contribution is 1.72. The second-order valence-corrected chi connectivity index (χ2v) is 74.1. The highest BCUT2D eigenvalue weighted by molar-refractivity contribution is 7.86. The predicted molar refractivity (Wildman–Crippen MR) is 59.8 cm³/mol. The van der Waals surface area contributed by atoms with Crippen molar-refractivity contribution >= 4 is 59.9 Å². The summed E-state index contributed by atoms with van der Waals surface area (Å²) >= 11 is 0. The van der Waals surface area contributed by atoms with Gasteiger partial charge in [0, 0.05) is 0 Å². The van der Waals surface area contributed by atoms with Crippen molar-refractivity contribution in [3.63, 3.8) is 0 Å². The van der Waals surface area contributed by atoms with Gasteiger partial charge in [0.05, 0.1) is 0 Å². The van der Waals surface area contributed by atoms with Crippen LogP contribution >= 0.6 is 0 Å². The Morgan fingerprint density at radius 2 is 1.57 bits per heavy atom. The second-order valence-electron chi connectivity index (χ2n) is 2.74. The summed E-state index contributed by atoms with van der Waals surface area (Å²) in [6.07, 6.45) is 0. The maximum Gasteiger partial charge on any atom is -0.00747 e. The first-order valence-corrected chi connectivity index (χ1v) is 30.5. The molecule has 1 aliphatic rings. The summed E-state index contributed by atoms with van der Waals surface area (Å²) in [5, 5.41) is 0. The van der Waals surface area contributed by atoms with E-state index in [9.17, 15) is 0 Å². The van der Waals surface area contributed by atoms with Crippen LogP contribution < -0.4 is 0 Å². The second kappa shape index (κ2) is 3.53. The molecule has 7 heavy (non-hydrogen) atoms. The van der Waals surface area contributed by atoms with E-state index in [0.717, 1.165) is 42.8 Å². The largest absolute Gasteiger partial charge is 0.0115 e. The summed E-state index contributed by atoms with van der Waals surface area (Å²) < 4.78 is 0. The number of hydrogen-bond donors (Lipinski definition) is 0. The van der Waals surface area contributed by atoms with Gasteiger partial charge in [0.2, 0.25) is 0 Å². The molecule has 0 nitrogen and oxygen atoms in total. The zero-order valence-corrected chi connectivity index (χ0v) is 15.3. The maximum absolute atomic E-state index is 1.80. The average molecular weight is 211 g/mol. The molecule has 0 radical (unpaired) electrons. The van der Waals surface area contributed by atoms with Gasteiger partial charge in [0.25, 0.3) is 0 Å². The van der Waals surface area contributed by atoms with Gasteiger partial charge in [-0.15, -0.1) is 0 Å². The van der Waals surface area contributed by atoms with Gasteiger partial charge in [0.1, 0.15) is 0 Å². The summed E-state index contributed by atoms with van der Waals surface area (Å²) in [5.41, 5.74) is 0. The normalized spacial score (nSPS) is 50.6. The lowest BCUT2D eigenvalue weighted by molar-refractivity contribution is 3.65. The van der Waals surface area contributed by atoms with Gasteiger partial charge in [-0.25, -0.2) is 0 Å². The Kier molecular flexibility index (Phi) is 3.34. The molecular formula is H14Si7. The monoisotopic (exact) mass is 210 g/mol. The van der Waals surface area contributed by atoms with Crippen molar-refractivity contribution in [1.82, 2.24) is 0 Å². The van der Waals surface area contributed by atoms with Crippen LogP contribution in [0.25, 0.3) is 0 Å². The van der Waals surface area contributed by atoms with E-state index in [1.54, 1.807) is 9.76 Å². The van der Waals surface area contributed by atoms with Gasteiger partial charge in [-0.3, -0.25) is 0 Å². The van der Waals surface area contributed by atoms with Crippen molar-refractivity contribution in [1.29, 1.82) is 0 Å². The zero-order chi connectivity index (χ0) is 5.11. The van der Waals surface area contributed by atoms with E-state index in [4.69, 9.17) is 0 Å². The SMILES string of the molecule is [SiH3][SiH]1[SiH2][SiH2][SiH2][SiH2][SiH2]1. The summed E-state index contributed by atoms with van der Waals surface area (Å²) in [6, 6.07) is 0. The molecule has 0 aromatic heterocycles. The van der Waals surface area contributed by atoms with Crippen LogP contribution in [0, 0.1) is 0 Å². The zero-order valence-electron chi connectivity index (χ0n) is 5.11. The lowest BCUT2D eigenvalue weighted by Gasteiger charge is -2.11. The van der Waals surface area contributed by atoms with Gasteiger partial charge in [-0.05, 0) is 59.9 Å². The fraction of sp³-hybridized carbons (Fsp3) is 0. The first kappa shape index (κ1) is 6.64. The number of rotatable bonds is 0. The van der Waals surface area contributed by atoms with E-state index in [-0.39, 0.29) is 0 Å². The highest BCUT2D eigenvalue weighted by atomic mass is 30.2. The molecule has 1 saturated heterocycles. The molecule has 1 aliphatic heterocycles. The van der Waals surface area contributed by atoms with E-state index in [2.05, 4.69) is 0 Å². The highest BCUT2D eigenvalue weighted by Gasteiger charge is 2.10. The van der Waals surface area contributed by atoms with Crippen LogP contribution in [0.15, 0.2) is 0 Å². The summed E-state index contributed by atoms with van der Waals surface area (Å²) in [4.78, 5) is 0. The van der Waals surface area contributed by atoms with Crippen LogP contribution in [0.2, 0.25) is 0 Å². The first-order valence-electron chi connectivity index (χ1n) is 3.39. The van der Waals surface area contributed by atoms with Gasteiger partial charge >= 0.3 is 0 Å². The van der Waals surface area contributed by atoms with Crippen LogP contribution in [0.1, 0.15) is 0 Å². The molecule has 0 spiro atoms. The van der Waals surface area contributed by atoms with Crippen LogP contribution in [0.4, 0.5) is 0 Å². The van der Waals surface area contributed by atoms with Gasteiger partial charge in [0.15, 0.2) is 0 Å². The van der Waals surface area contributed by atoms with E-state index in [1.165, 1.54) is 0 Å². The first-order chi connectivity index (χ1) is 3.39. The molecule has 7 heteroatoms. The smallest absolute Gasteiger partial charge is 0.00747 e. The van der Waals surface area contributed by atoms with E-state index in [0.29, 0.717) is 7.35 Å². The van der Waals surface area contributed by atoms with Crippen molar-refractivity contribution in [2.45, 2.75) is 0 Å². The predicted octanol–water partition coefficient (Wildman–Crippen LogP) is -6.41. The third-order valence-electron chi connectivity index (χ3n) is 1.89. The van der Waals surface area contributed by atoms with E-state index >= 15 is 0 Å². The Balaban J connectivity index is 2.12. The third-order valence-corrected chi connectivity index (χ3v) is 153. The summed E-state index contributed by atoms with van der Waals surface area (Å²) in [6.45, 7) is 0. The quantitative estimate of drug-likeness (QED) is 0.349. The molecule has 1 rings (SSSR count). The van der Waals surface area contributed by atoms with Crippen LogP contribution in [0.3, 0.4) is 0 Å². The Bertz CT molecular complexity index is 42.0. The molecule has 0 atom stereocenters. The van der Waals surface area contributed by atoms with Crippen LogP contribution in [0.5, 0.6) is 0 Å². The molecule has 0 aromatic carbocycles. The van der Waals surface area contributed by atoms with Crippen LogP contribution in [-0.2, 0) is 0 Å². The molecule has 0 unspecified atom stereocenters. The minimum Gasteiger partial charge on any atom is -0.0115 e. The molecule has 0 saturated carbocycles. The molecule has 0 N–H and O–H groups in total. The Hall–Kier alpha value is 1.52. The van der Waals surface area contributed by atoms with Crippen LogP contribution in [-0.4, -0.2) is 59.9 Å². The molecule has 1 heterocycles. The summed E-state index contributed by atoms with van der Waals surface area (Å²) in [7, 11) is 6.94.